The molecule has 0 saturated heterocycles. The van der Waals surface area contributed by atoms with Gasteiger partial charge in [0.2, 0.25) is 0 Å². The Bertz CT molecular complexity index is 172. The Labute approximate surface area is 99.8 Å². The predicted molar refractivity (Wildman–Crippen MR) is 71.6 cm³/mol. The molecule has 1 aliphatic carbocycles. The van der Waals surface area contributed by atoms with Crippen LogP contribution in [0.5, 0.6) is 0 Å². The van der Waals surface area contributed by atoms with Crippen molar-refractivity contribution < 1.29 is 0 Å². The SMILES string of the molecule is CCSCC(C)NC1CCC(C)CC1C. The molecular weight excluding hydrogens is 202 g/mol. The number of nitrogens with one attached hydrogen (secondary N) is 1. The lowest BCUT2D eigenvalue weighted by atomic mass is 9.79. The lowest BCUT2D eigenvalue weighted by Crippen LogP contribution is -2.44. The fourth-order valence-electron chi connectivity index (χ4n) is 2.62. The second kappa shape index (κ2) is 6.80. The van der Waals surface area contributed by atoms with E-state index in [0.717, 1.165) is 17.9 Å². The molecule has 2 heteroatoms. The molecule has 0 aromatic heterocycles. The zero-order chi connectivity index (χ0) is 11.3. The topological polar surface area (TPSA) is 12.0 Å². The first-order valence-electron chi connectivity index (χ1n) is 6.47. The molecule has 1 saturated carbocycles. The van der Waals surface area contributed by atoms with Gasteiger partial charge in [0, 0.05) is 17.8 Å². The molecule has 1 N–H and O–H groups in total. The number of rotatable bonds is 5. The van der Waals surface area contributed by atoms with Crippen LogP contribution in [-0.2, 0) is 0 Å². The van der Waals surface area contributed by atoms with Crippen molar-refractivity contribution in [3.63, 3.8) is 0 Å². The highest BCUT2D eigenvalue weighted by Gasteiger charge is 2.25. The highest BCUT2D eigenvalue weighted by molar-refractivity contribution is 7.99. The van der Waals surface area contributed by atoms with E-state index in [0.29, 0.717) is 6.04 Å². The van der Waals surface area contributed by atoms with Gasteiger partial charge in [-0.15, -0.1) is 0 Å². The summed E-state index contributed by atoms with van der Waals surface area (Å²) in [4.78, 5) is 0. The van der Waals surface area contributed by atoms with Gasteiger partial charge in [-0.05, 0) is 43.8 Å². The molecular formula is C13H27NS. The summed E-state index contributed by atoms with van der Waals surface area (Å²) in [6.45, 7) is 9.37. The molecule has 0 aromatic carbocycles. The second-order valence-corrected chi connectivity index (χ2v) is 6.55. The quantitative estimate of drug-likeness (QED) is 0.774. The molecule has 0 amide bonds. The van der Waals surface area contributed by atoms with Gasteiger partial charge < -0.3 is 5.32 Å². The summed E-state index contributed by atoms with van der Waals surface area (Å²) >= 11 is 2.04. The Morgan fingerprint density at radius 2 is 2.07 bits per heavy atom. The molecule has 1 rings (SSSR count). The smallest absolute Gasteiger partial charge is 0.0132 e. The average Bonchev–Trinajstić information content (AvgIpc) is 2.19. The summed E-state index contributed by atoms with van der Waals surface area (Å²) in [5.41, 5.74) is 0. The molecule has 1 nitrogen and oxygen atoms in total. The summed E-state index contributed by atoms with van der Waals surface area (Å²) in [5.74, 6) is 4.31. The van der Waals surface area contributed by atoms with Crippen LogP contribution < -0.4 is 5.32 Å². The van der Waals surface area contributed by atoms with Gasteiger partial charge in [-0.3, -0.25) is 0 Å². The Morgan fingerprint density at radius 3 is 2.67 bits per heavy atom. The maximum absolute atomic E-state index is 3.80. The van der Waals surface area contributed by atoms with E-state index < -0.39 is 0 Å². The zero-order valence-corrected chi connectivity index (χ0v) is 11.6. The van der Waals surface area contributed by atoms with Gasteiger partial charge in [-0.2, -0.15) is 11.8 Å². The van der Waals surface area contributed by atoms with Crippen molar-refractivity contribution in [3.8, 4) is 0 Å². The van der Waals surface area contributed by atoms with Gasteiger partial charge in [0.25, 0.3) is 0 Å². The van der Waals surface area contributed by atoms with E-state index in [9.17, 15) is 0 Å². The fourth-order valence-corrected chi connectivity index (χ4v) is 3.31. The summed E-state index contributed by atoms with van der Waals surface area (Å²) in [7, 11) is 0. The summed E-state index contributed by atoms with van der Waals surface area (Å²) in [6, 6.07) is 1.45. The average molecular weight is 229 g/mol. The van der Waals surface area contributed by atoms with E-state index in [4.69, 9.17) is 0 Å². The van der Waals surface area contributed by atoms with Gasteiger partial charge >= 0.3 is 0 Å². The third kappa shape index (κ3) is 4.78. The third-order valence-electron chi connectivity index (χ3n) is 3.50. The van der Waals surface area contributed by atoms with Gasteiger partial charge in [-0.25, -0.2) is 0 Å². The molecule has 0 aromatic rings. The molecule has 0 bridgehead atoms. The largest absolute Gasteiger partial charge is 0.310 e. The molecule has 90 valence electrons. The van der Waals surface area contributed by atoms with Crippen molar-refractivity contribution >= 4 is 11.8 Å². The van der Waals surface area contributed by atoms with Crippen LogP contribution >= 0.6 is 11.8 Å². The molecule has 4 unspecified atom stereocenters. The van der Waals surface area contributed by atoms with Crippen LogP contribution in [0.2, 0.25) is 0 Å². The van der Waals surface area contributed by atoms with Gasteiger partial charge in [0.05, 0.1) is 0 Å². The maximum Gasteiger partial charge on any atom is 0.0132 e. The van der Waals surface area contributed by atoms with Crippen LogP contribution in [0, 0.1) is 11.8 Å². The Morgan fingerprint density at radius 1 is 1.33 bits per heavy atom. The monoisotopic (exact) mass is 229 g/mol. The highest BCUT2D eigenvalue weighted by atomic mass is 32.2. The van der Waals surface area contributed by atoms with E-state index in [2.05, 4.69) is 33.0 Å². The first kappa shape index (κ1) is 13.4. The predicted octanol–water partition coefficient (Wildman–Crippen LogP) is 3.54. The Balaban J connectivity index is 2.25. The zero-order valence-electron chi connectivity index (χ0n) is 10.8. The minimum atomic E-state index is 0.677. The van der Waals surface area contributed by atoms with Gasteiger partial charge in [0.1, 0.15) is 0 Å². The van der Waals surface area contributed by atoms with Gasteiger partial charge in [-0.1, -0.05) is 20.8 Å². The van der Waals surface area contributed by atoms with Crippen LogP contribution in [0.25, 0.3) is 0 Å². The van der Waals surface area contributed by atoms with E-state index in [1.807, 2.05) is 11.8 Å². The molecule has 0 radical (unpaired) electrons. The lowest BCUT2D eigenvalue weighted by molar-refractivity contribution is 0.219. The molecule has 4 atom stereocenters. The van der Waals surface area contributed by atoms with Crippen molar-refractivity contribution in [2.24, 2.45) is 11.8 Å². The van der Waals surface area contributed by atoms with Crippen molar-refractivity contribution in [2.75, 3.05) is 11.5 Å². The van der Waals surface area contributed by atoms with E-state index >= 15 is 0 Å². The lowest BCUT2D eigenvalue weighted by Gasteiger charge is -2.35. The summed E-state index contributed by atoms with van der Waals surface area (Å²) < 4.78 is 0. The molecule has 0 spiro atoms. The van der Waals surface area contributed by atoms with Crippen molar-refractivity contribution in [1.82, 2.24) is 5.32 Å². The second-order valence-electron chi connectivity index (χ2n) is 5.23. The van der Waals surface area contributed by atoms with Crippen molar-refractivity contribution in [1.29, 1.82) is 0 Å². The fraction of sp³-hybridized carbons (Fsp3) is 1.00. The van der Waals surface area contributed by atoms with Crippen molar-refractivity contribution in [3.05, 3.63) is 0 Å². The minimum Gasteiger partial charge on any atom is -0.310 e. The van der Waals surface area contributed by atoms with E-state index in [-0.39, 0.29) is 0 Å². The first-order chi connectivity index (χ1) is 7.13. The molecule has 1 aliphatic rings. The highest BCUT2D eigenvalue weighted by Crippen LogP contribution is 2.28. The molecule has 1 fully saturated rings. The third-order valence-corrected chi connectivity index (χ3v) is 4.65. The maximum atomic E-state index is 3.80. The van der Waals surface area contributed by atoms with Crippen molar-refractivity contribution in [2.45, 2.75) is 59.0 Å². The molecule has 15 heavy (non-hydrogen) atoms. The number of hydrogen-bond donors (Lipinski definition) is 1. The summed E-state index contributed by atoms with van der Waals surface area (Å²) in [6.07, 6.45) is 4.20. The Hall–Kier alpha value is 0.310. The standard InChI is InChI=1S/C13H27NS/c1-5-15-9-12(4)14-13-7-6-10(2)8-11(13)3/h10-14H,5-9H2,1-4H3. The van der Waals surface area contributed by atoms with Crippen LogP contribution in [-0.4, -0.2) is 23.6 Å². The van der Waals surface area contributed by atoms with Gasteiger partial charge in [0.15, 0.2) is 0 Å². The number of hydrogen-bond acceptors (Lipinski definition) is 2. The minimum absolute atomic E-state index is 0.677. The number of thioether (sulfide) groups is 1. The summed E-state index contributed by atoms with van der Waals surface area (Å²) in [5, 5.41) is 3.80. The van der Waals surface area contributed by atoms with Crippen LogP contribution in [0.3, 0.4) is 0 Å². The molecule has 0 heterocycles. The van der Waals surface area contributed by atoms with E-state index in [1.54, 1.807) is 0 Å². The Kier molecular flexibility index (Phi) is 6.06. The van der Waals surface area contributed by atoms with E-state index in [1.165, 1.54) is 30.8 Å². The molecule has 0 aliphatic heterocycles. The first-order valence-corrected chi connectivity index (χ1v) is 7.62. The normalized spacial score (nSPS) is 34.0. The van der Waals surface area contributed by atoms with Crippen LogP contribution in [0.1, 0.15) is 47.0 Å². The van der Waals surface area contributed by atoms with Crippen LogP contribution in [0.15, 0.2) is 0 Å². The van der Waals surface area contributed by atoms with Crippen LogP contribution in [0.4, 0.5) is 0 Å².